The van der Waals surface area contributed by atoms with Gasteiger partial charge in [0.2, 0.25) is 0 Å². The number of nitrogens with zero attached hydrogens (tertiary/aromatic N) is 2. The van der Waals surface area contributed by atoms with Crippen LogP contribution in [0.1, 0.15) is 19.8 Å². The molecule has 1 heterocycles. The molecule has 1 rings (SSSR count). The van der Waals surface area contributed by atoms with E-state index in [2.05, 4.69) is 22.4 Å². The van der Waals surface area contributed by atoms with E-state index in [0.717, 1.165) is 25.6 Å². The summed E-state index contributed by atoms with van der Waals surface area (Å²) >= 11 is 0. The van der Waals surface area contributed by atoms with Crippen LogP contribution in [0.3, 0.4) is 0 Å². The van der Waals surface area contributed by atoms with Crippen LogP contribution < -0.4 is 16.9 Å². The van der Waals surface area contributed by atoms with Crippen LogP contribution in [0.25, 0.3) is 0 Å². The van der Waals surface area contributed by atoms with E-state index < -0.39 is 10.4 Å². The molecule has 1 atom stereocenters. The quantitative estimate of drug-likeness (QED) is 0.237. The second-order valence-corrected chi connectivity index (χ2v) is 5.13. The first kappa shape index (κ1) is 18.1. The van der Waals surface area contributed by atoms with E-state index in [1.54, 1.807) is 0 Å². The van der Waals surface area contributed by atoms with Crippen LogP contribution in [0.4, 0.5) is 0 Å². The van der Waals surface area contributed by atoms with Gasteiger partial charge < -0.3 is 20.6 Å². The molecule has 0 bridgehead atoms. The molecule has 0 radical (unpaired) electrons. The van der Waals surface area contributed by atoms with Gasteiger partial charge >= 0.3 is 0 Å². The number of nitrogens with one attached hydrogen (secondary N) is 1. The molecule has 0 aromatic rings. The fraction of sp³-hybridized carbons (Fsp3) is 0.889. The molecule has 1 aliphatic heterocycles. The Kier molecular flexibility index (Phi) is 8.59. The molecule has 0 aromatic carbocycles. The largest absolute Gasteiger partial charge is 0.759 e. The van der Waals surface area contributed by atoms with Gasteiger partial charge in [-0.25, -0.2) is 5.01 Å². The Balaban J connectivity index is 0.000000555. The van der Waals surface area contributed by atoms with Gasteiger partial charge in [-0.2, -0.15) is 0 Å². The topological polar surface area (TPSA) is 160 Å². The lowest BCUT2D eigenvalue weighted by atomic mass is 10.1. The summed E-state index contributed by atoms with van der Waals surface area (Å²) in [4.78, 5) is 3.96. The zero-order valence-corrected chi connectivity index (χ0v) is 11.7. The first-order valence-electron chi connectivity index (χ1n) is 5.89. The van der Waals surface area contributed by atoms with Crippen molar-refractivity contribution in [2.24, 2.45) is 22.4 Å². The SMILES string of the molecule is CC1CCCN(CCN=C(N)N)NC1.O=S(=O)([O-])[O-]. The van der Waals surface area contributed by atoms with E-state index >= 15 is 0 Å². The number of hydrazine groups is 1. The van der Waals surface area contributed by atoms with Gasteiger partial charge in [-0.15, -0.1) is 0 Å². The summed E-state index contributed by atoms with van der Waals surface area (Å²) < 4.78 is 34.1. The lowest BCUT2D eigenvalue weighted by molar-refractivity contribution is 0.203. The molecule has 114 valence electrons. The normalized spacial score (nSPS) is 20.9. The minimum absolute atomic E-state index is 0.174. The van der Waals surface area contributed by atoms with Crippen LogP contribution in [-0.2, 0) is 10.4 Å². The van der Waals surface area contributed by atoms with Crippen LogP contribution in [0, 0.1) is 5.92 Å². The monoisotopic (exact) mass is 295 g/mol. The lowest BCUT2D eigenvalue weighted by Crippen LogP contribution is -2.40. The van der Waals surface area contributed by atoms with Crippen LogP contribution in [-0.4, -0.2) is 54.7 Å². The Bertz CT molecular complexity index is 361. The summed E-state index contributed by atoms with van der Waals surface area (Å²) in [5.41, 5.74) is 13.9. The third-order valence-electron chi connectivity index (χ3n) is 2.45. The summed E-state index contributed by atoms with van der Waals surface area (Å²) in [6, 6.07) is 0. The van der Waals surface area contributed by atoms with Gasteiger partial charge in [0, 0.05) is 30.0 Å². The highest BCUT2D eigenvalue weighted by molar-refractivity contribution is 7.79. The summed E-state index contributed by atoms with van der Waals surface area (Å²) in [6.45, 7) is 5.97. The molecule has 5 N–H and O–H groups in total. The summed E-state index contributed by atoms with van der Waals surface area (Å²) in [6.07, 6.45) is 2.54. The molecule has 0 spiro atoms. The number of hydrogen-bond acceptors (Lipinski definition) is 7. The summed E-state index contributed by atoms with van der Waals surface area (Å²) in [7, 11) is -5.17. The van der Waals surface area contributed by atoms with Crippen molar-refractivity contribution in [2.75, 3.05) is 26.2 Å². The maximum Gasteiger partial charge on any atom is 0.185 e. The Labute approximate surface area is 113 Å². The van der Waals surface area contributed by atoms with Crippen molar-refractivity contribution >= 4 is 16.4 Å². The molecule has 0 aromatic heterocycles. The first-order chi connectivity index (χ1) is 8.68. The predicted molar refractivity (Wildman–Crippen MR) is 69.1 cm³/mol. The highest BCUT2D eigenvalue weighted by Crippen LogP contribution is 2.08. The van der Waals surface area contributed by atoms with Crippen LogP contribution in [0.5, 0.6) is 0 Å². The third kappa shape index (κ3) is 15.0. The molecule has 0 amide bonds. The molecule has 19 heavy (non-hydrogen) atoms. The molecule has 1 fully saturated rings. The van der Waals surface area contributed by atoms with E-state index in [1.165, 1.54) is 12.8 Å². The molecule has 9 nitrogen and oxygen atoms in total. The van der Waals surface area contributed by atoms with E-state index in [1.807, 2.05) is 0 Å². The summed E-state index contributed by atoms with van der Waals surface area (Å²) in [5, 5.41) is 2.20. The van der Waals surface area contributed by atoms with Crippen LogP contribution in [0.2, 0.25) is 0 Å². The molecular weight excluding hydrogens is 274 g/mol. The second-order valence-electron chi connectivity index (χ2n) is 4.31. The van der Waals surface area contributed by atoms with E-state index in [9.17, 15) is 0 Å². The van der Waals surface area contributed by atoms with E-state index in [-0.39, 0.29) is 5.96 Å². The van der Waals surface area contributed by atoms with Crippen molar-refractivity contribution in [3.8, 4) is 0 Å². The molecule has 0 aliphatic carbocycles. The first-order valence-corrected chi connectivity index (χ1v) is 7.22. The smallest absolute Gasteiger partial charge is 0.185 e. The molecule has 1 saturated heterocycles. The minimum Gasteiger partial charge on any atom is -0.759 e. The fourth-order valence-electron chi connectivity index (χ4n) is 1.59. The maximum atomic E-state index is 8.52. The van der Waals surface area contributed by atoms with Gasteiger partial charge in [0.25, 0.3) is 0 Å². The summed E-state index contributed by atoms with van der Waals surface area (Å²) in [5.74, 6) is 0.941. The van der Waals surface area contributed by atoms with Crippen molar-refractivity contribution in [1.82, 2.24) is 10.4 Å². The lowest BCUT2D eigenvalue weighted by Gasteiger charge is -2.19. The molecular formula is C9H21N5O4S-2. The van der Waals surface area contributed by atoms with E-state index in [0.29, 0.717) is 6.54 Å². The molecule has 10 heteroatoms. The Morgan fingerprint density at radius 2 is 2.05 bits per heavy atom. The van der Waals surface area contributed by atoms with Crippen LogP contribution in [0.15, 0.2) is 4.99 Å². The molecule has 1 aliphatic rings. The van der Waals surface area contributed by atoms with Gasteiger partial charge in [0.05, 0.1) is 6.54 Å². The Hall–Kier alpha value is -0.940. The standard InChI is InChI=1S/C9H21N5.H2O4S/c1-8-3-2-5-14(13-7-8)6-4-12-9(10)11;1-5(2,3)4/h8,13H,2-7H2,1H3,(H4,10,11,12);(H2,1,2,3,4)/p-2. The predicted octanol–water partition coefficient (Wildman–Crippen LogP) is -1.84. The van der Waals surface area contributed by atoms with Gasteiger partial charge in [0.1, 0.15) is 0 Å². The van der Waals surface area contributed by atoms with Crippen molar-refractivity contribution < 1.29 is 17.5 Å². The average molecular weight is 295 g/mol. The second kappa shape index (κ2) is 9.04. The number of rotatable bonds is 3. The fourth-order valence-corrected chi connectivity index (χ4v) is 1.59. The third-order valence-corrected chi connectivity index (χ3v) is 2.45. The van der Waals surface area contributed by atoms with Gasteiger partial charge in [-0.1, -0.05) is 6.92 Å². The zero-order chi connectivity index (χ0) is 14.9. The van der Waals surface area contributed by atoms with Crippen molar-refractivity contribution in [3.63, 3.8) is 0 Å². The van der Waals surface area contributed by atoms with Crippen molar-refractivity contribution in [2.45, 2.75) is 19.8 Å². The number of hydrogen-bond donors (Lipinski definition) is 3. The van der Waals surface area contributed by atoms with Crippen LogP contribution >= 0.6 is 0 Å². The highest BCUT2D eigenvalue weighted by Gasteiger charge is 2.11. The van der Waals surface area contributed by atoms with Gasteiger partial charge in [0.15, 0.2) is 5.96 Å². The molecule has 0 saturated carbocycles. The molecule has 1 unspecified atom stereocenters. The van der Waals surface area contributed by atoms with E-state index in [4.69, 9.17) is 29.0 Å². The minimum atomic E-state index is -5.17. The average Bonchev–Trinajstić information content (AvgIpc) is 2.41. The Morgan fingerprint density at radius 1 is 1.47 bits per heavy atom. The Morgan fingerprint density at radius 3 is 2.58 bits per heavy atom. The zero-order valence-electron chi connectivity index (χ0n) is 10.9. The highest BCUT2D eigenvalue weighted by atomic mass is 32.3. The van der Waals surface area contributed by atoms with Gasteiger partial charge in [-0.05, 0) is 18.8 Å². The number of aliphatic imine (C=N–C) groups is 1. The van der Waals surface area contributed by atoms with Gasteiger partial charge in [-0.3, -0.25) is 18.8 Å². The maximum absolute atomic E-state index is 8.52. The van der Waals surface area contributed by atoms with Crippen molar-refractivity contribution in [1.29, 1.82) is 0 Å². The number of guanidine groups is 1. The number of nitrogens with two attached hydrogens (primary N) is 2. The van der Waals surface area contributed by atoms with Crippen molar-refractivity contribution in [3.05, 3.63) is 0 Å².